The molecule has 4 nitrogen and oxygen atoms in total. The summed E-state index contributed by atoms with van der Waals surface area (Å²) in [4.78, 5) is 14.3. The SMILES string of the molecule is COc1ccc(Cl)c(Cl)c1[C@H]1C[C@@H](CI)N(C(=O)OC(C)(C)C)C1. The molecule has 1 amide bonds. The molecule has 1 fully saturated rings. The van der Waals surface area contributed by atoms with Crippen molar-refractivity contribution in [2.75, 3.05) is 18.1 Å². The van der Waals surface area contributed by atoms with Crippen LogP contribution in [-0.4, -0.2) is 40.7 Å². The molecule has 0 N–H and O–H groups in total. The molecule has 0 bridgehead atoms. The molecule has 1 saturated heterocycles. The minimum absolute atomic E-state index is 0.0680. The number of halogens is 3. The van der Waals surface area contributed by atoms with E-state index in [-0.39, 0.29) is 18.1 Å². The van der Waals surface area contributed by atoms with Crippen molar-refractivity contribution >= 4 is 51.9 Å². The van der Waals surface area contributed by atoms with Gasteiger partial charge in [0, 0.05) is 28.5 Å². The van der Waals surface area contributed by atoms with Crippen molar-refractivity contribution in [3.05, 3.63) is 27.7 Å². The van der Waals surface area contributed by atoms with Crippen LogP contribution in [0.15, 0.2) is 12.1 Å². The molecule has 7 heteroatoms. The maximum atomic E-state index is 12.5. The summed E-state index contributed by atoms with van der Waals surface area (Å²) >= 11 is 14.9. The molecular formula is C17H22Cl2INO3. The van der Waals surface area contributed by atoms with Crippen LogP contribution in [0.4, 0.5) is 4.79 Å². The van der Waals surface area contributed by atoms with Crippen molar-refractivity contribution in [2.45, 2.75) is 44.8 Å². The van der Waals surface area contributed by atoms with Crippen LogP contribution in [0.1, 0.15) is 38.7 Å². The molecule has 1 aliphatic rings. The summed E-state index contributed by atoms with van der Waals surface area (Å²) in [5.41, 5.74) is 0.351. The number of carbonyl (C=O) groups is 1. The van der Waals surface area contributed by atoms with Gasteiger partial charge in [0.2, 0.25) is 0 Å². The highest BCUT2D eigenvalue weighted by Gasteiger charge is 2.39. The maximum absolute atomic E-state index is 12.5. The summed E-state index contributed by atoms with van der Waals surface area (Å²) in [7, 11) is 1.61. The van der Waals surface area contributed by atoms with E-state index < -0.39 is 5.60 Å². The second-order valence-corrected chi connectivity index (χ2v) is 8.52. The molecule has 0 aromatic heterocycles. The second-order valence-electron chi connectivity index (χ2n) is 6.85. The summed E-state index contributed by atoms with van der Waals surface area (Å²) in [6, 6.07) is 3.65. The number of alkyl halides is 1. The number of carbonyl (C=O) groups excluding carboxylic acids is 1. The van der Waals surface area contributed by atoms with Crippen LogP contribution in [0, 0.1) is 0 Å². The first-order valence-corrected chi connectivity index (χ1v) is 10.0. The van der Waals surface area contributed by atoms with Gasteiger partial charge >= 0.3 is 6.09 Å². The van der Waals surface area contributed by atoms with Gasteiger partial charge in [-0.3, -0.25) is 0 Å². The average Bonchev–Trinajstić information content (AvgIpc) is 2.92. The lowest BCUT2D eigenvalue weighted by Gasteiger charge is -2.27. The Balaban J connectivity index is 2.29. The molecule has 1 heterocycles. The smallest absolute Gasteiger partial charge is 0.410 e. The Morgan fingerprint density at radius 2 is 2.04 bits per heavy atom. The summed E-state index contributed by atoms with van der Waals surface area (Å²) in [6.45, 7) is 6.15. The van der Waals surface area contributed by atoms with Crippen LogP contribution >= 0.6 is 45.8 Å². The van der Waals surface area contributed by atoms with Crippen molar-refractivity contribution in [3.8, 4) is 5.75 Å². The molecule has 24 heavy (non-hydrogen) atoms. The quantitative estimate of drug-likeness (QED) is 0.417. The number of amides is 1. The van der Waals surface area contributed by atoms with Crippen LogP contribution in [0.3, 0.4) is 0 Å². The highest BCUT2D eigenvalue weighted by Crippen LogP contribution is 2.43. The van der Waals surface area contributed by atoms with E-state index in [0.29, 0.717) is 22.3 Å². The van der Waals surface area contributed by atoms with Crippen LogP contribution in [-0.2, 0) is 4.74 Å². The number of methoxy groups -OCH3 is 1. The number of hydrogen-bond donors (Lipinski definition) is 0. The minimum Gasteiger partial charge on any atom is -0.496 e. The van der Waals surface area contributed by atoms with Gasteiger partial charge < -0.3 is 14.4 Å². The fourth-order valence-corrected chi connectivity index (χ4v) is 4.23. The van der Waals surface area contributed by atoms with Crippen LogP contribution < -0.4 is 4.74 Å². The summed E-state index contributed by atoms with van der Waals surface area (Å²) in [6.07, 6.45) is 0.516. The standard InChI is InChI=1S/C17H22Cl2INO3/c1-17(2,3)24-16(22)21-9-10(7-11(21)8-20)14-13(23-4)6-5-12(18)15(14)19/h5-6,10-11H,7-9H2,1-4H3/t10-,11-/m0/s1. The Bertz CT molecular complexity index is 619. The summed E-state index contributed by atoms with van der Waals surface area (Å²) in [5, 5.41) is 0.994. The fraction of sp³-hybridized carbons (Fsp3) is 0.588. The van der Waals surface area contributed by atoms with Gasteiger partial charge in [0.1, 0.15) is 11.4 Å². The number of hydrogen-bond acceptors (Lipinski definition) is 3. The molecule has 1 aliphatic heterocycles. The van der Waals surface area contributed by atoms with Gasteiger partial charge in [0.15, 0.2) is 0 Å². The van der Waals surface area contributed by atoms with Crippen LogP contribution in [0.5, 0.6) is 5.75 Å². The molecule has 1 aromatic carbocycles. The molecule has 134 valence electrons. The van der Waals surface area contributed by atoms with Crippen LogP contribution in [0.2, 0.25) is 10.0 Å². The van der Waals surface area contributed by atoms with E-state index in [4.69, 9.17) is 32.7 Å². The molecular weight excluding hydrogens is 464 g/mol. The van der Waals surface area contributed by atoms with E-state index in [1.807, 2.05) is 26.8 Å². The van der Waals surface area contributed by atoms with Gasteiger partial charge in [-0.25, -0.2) is 4.79 Å². The normalized spacial score (nSPS) is 21.0. The van der Waals surface area contributed by atoms with Gasteiger partial charge in [0.25, 0.3) is 0 Å². The van der Waals surface area contributed by atoms with E-state index in [0.717, 1.165) is 16.4 Å². The lowest BCUT2D eigenvalue weighted by atomic mass is 9.95. The number of nitrogens with zero attached hydrogens (tertiary/aromatic N) is 1. The van der Waals surface area contributed by atoms with Crippen molar-refractivity contribution in [1.29, 1.82) is 0 Å². The summed E-state index contributed by atoms with van der Waals surface area (Å²) in [5.74, 6) is 0.770. The molecule has 0 aliphatic carbocycles. The average molecular weight is 486 g/mol. The topological polar surface area (TPSA) is 38.8 Å². The molecule has 0 radical (unpaired) electrons. The van der Waals surface area contributed by atoms with Gasteiger partial charge in [-0.05, 0) is 39.3 Å². The third-order valence-electron chi connectivity index (χ3n) is 3.94. The molecule has 0 spiro atoms. The maximum Gasteiger partial charge on any atom is 0.410 e. The molecule has 0 unspecified atom stereocenters. The largest absolute Gasteiger partial charge is 0.496 e. The van der Waals surface area contributed by atoms with Gasteiger partial charge in [-0.15, -0.1) is 0 Å². The fourth-order valence-electron chi connectivity index (χ4n) is 2.92. The van der Waals surface area contributed by atoms with E-state index in [9.17, 15) is 4.79 Å². The van der Waals surface area contributed by atoms with Gasteiger partial charge in [0.05, 0.1) is 17.2 Å². The molecule has 2 rings (SSSR count). The van der Waals surface area contributed by atoms with E-state index in [1.54, 1.807) is 18.1 Å². The first-order chi connectivity index (χ1) is 11.2. The zero-order chi connectivity index (χ0) is 18.1. The number of rotatable bonds is 3. The first kappa shape index (κ1) is 19.9. The lowest BCUT2D eigenvalue weighted by molar-refractivity contribution is 0.0241. The van der Waals surface area contributed by atoms with Crippen molar-refractivity contribution in [1.82, 2.24) is 4.90 Å². The Morgan fingerprint density at radius 1 is 1.38 bits per heavy atom. The zero-order valence-corrected chi connectivity index (χ0v) is 17.9. The zero-order valence-electron chi connectivity index (χ0n) is 14.2. The highest BCUT2D eigenvalue weighted by atomic mass is 127. The Labute approximate surface area is 166 Å². The van der Waals surface area contributed by atoms with Crippen molar-refractivity contribution in [2.24, 2.45) is 0 Å². The number of ether oxygens (including phenoxy) is 2. The lowest BCUT2D eigenvalue weighted by Crippen LogP contribution is -2.40. The third kappa shape index (κ3) is 4.41. The number of likely N-dealkylation sites (tertiary alicyclic amines) is 1. The monoisotopic (exact) mass is 485 g/mol. The predicted molar refractivity (Wildman–Crippen MR) is 106 cm³/mol. The first-order valence-electron chi connectivity index (χ1n) is 7.75. The Kier molecular flexibility index (Phi) is 6.53. The van der Waals surface area contributed by atoms with E-state index in [1.165, 1.54) is 0 Å². The predicted octanol–water partition coefficient (Wildman–Crippen LogP) is 5.53. The molecule has 0 saturated carbocycles. The summed E-state index contributed by atoms with van der Waals surface area (Å²) < 4.78 is 11.8. The highest BCUT2D eigenvalue weighted by molar-refractivity contribution is 14.1. The van der Waals surface area contributed by atoms with Crippen molar-refractivity contribution in [3.63, 3.8) is 0 Å². The molecule has 1 aromatic rings. The second kappa shape index (κ2) is 7.87. The van der Waals surface area contributed by atoms with E-state index in [2.05, 4.69) is 22.6 Å². The Hall–Kier alpha value is -0.400. The molecule has 2 atom stereocenters. The third-order valence-corrected chi connectivity index (χ3v) is 5.78. The van der Waals surface area contributed by atoms with Crippen LogP contribution in [0.25, 0.3) is 0 Å². The van der Waals surface area contributed by atoms with E-state index >= 15 is 0 Å². The number of benzene rings is 1. The minimum atomic E-state index is -0.517. The Morgan fingerprint density at radius 3 is 2.58 bits per heavy atom. The van der Waals surface area contributed by atoms with Gasteiger partial charge in [-0.1, -0.05) is 45.8 Å². The van der Waals surface area contributed by atoms with Gasteiger partial charge in [-0.2, -0.15) is 0 Å². The van der Waals surface area contributed by atoms with Crippen molar-refractivity contribution < 1.29 is 14.3 Å².